The Labute approximate surface area is 84.2 Å². The molecule has 0 aromatic carbocycles. The lowest BCUT2D eigenvalue weighted by atomic mass is 10.3. The van der Waals surface area contributed by atoms with Gasteiger partial charge in [0, 0.05) is 0 Å². The Morgan fingerprint density at radius 1 is 1.09 bits per heavy atom. The van der Waals surface area contributed by atoms with Crippen LogP contribution in [0.1, 0.15) is 10.4 Å². The van der Waals surface area contributed by atoms with Crippen LogP contribution < -0.4 is 0 Å². The second-order valence-corrected chi connectivity index (χ2v) is 3.72. The number of hydrogen-bond donors (Lipinski definition) is 0. The van der Waals surface area contributed by atoms with Crippen LogP contribution in [0.3, 0.4) is 0 Å². The fourth-order valence-corrected chi connectivity index (χ4v) is 1.34. The molecule has 0 aliphatic heterocycles. The molecule has 0 unspecified atom stereocenters. The largest absolute Gasteiger partial charge is 0.224 e. The molecule has 0 saturated carbocycles. The zero-order chi connectivity index (χ0) is 8.43. The van der Waals surface area contributed by atoms with Crippen LogP contribution in [0.25, 0.3) is 0 Å². The van der Waals surface area contributed by atoms with E-state index in [1.54, 1.807) is 12.1 Å². The Morgan fingerprint density at radius 2 is 1.55 bits per heavy atom. The lowest BCUT2D eigenvalue weighted by molar-refractivity contribution is 1.25. The highest BCUT2D eigenvalue weighted by Gasteiger charge is 2.05. The summed E-state index contributed by atoms with van der Waals surface area (Å²) >= 11 is 22.3. The van der Waals surface area contributed by atoms with Crippen LogP contribution in [0.15, 0.2) is 12.1 Å². The Hall–Kier alpha value is 0.310. The van der Waals surface area contributed by atoms with E-state index in [1.807, 2.05) is 0 Å². The number of aromatic nitrogens is 1. The smallest absolute Gasteiger partial charge is 0.133 e. The Kier molecular flexibility index (Phi) is 3.26. The van der Waals surface area contributed by atoms with Crippen molar-refractivity contribution in [2.45, 2.75) is 4.84 Å². The molecule has 1 heterocycles. The first kappa shape index (κ1) is 9.40. The van der Waals surface area contributed by atoms with Crippen LogP contribution >= 0.6 is 46.4 Å². The summed E-state index contributed by atoms with van der Waals surface area (Å²) in [6.07, 6.45) is 0. The maximum Gasteiger partial charge on any atom is 0.133 e. The lowest BCUT2D eigenvalue weighted by Crippen LogP contribution is -1.84. The number of hydrogen-bond acceptors (Lipinski definition) is 1. The van der Waals surface area contributed by atoms with Gasteiger partial charge in [0.05, 0.1) is 0 Å². The van der Waals surface area contributed by atoms with Crippen molar-refractivity contribution in [2.24, 2.45) is 0 Å². The number of pyridine rings is 1. The van der Waals surface area contributed by atoms with Crippen molar-refractivity contribution < 1.29 is 0 Å². The molecule has 1 nitrogen and oxygen atoms in total. The van der Waals surface area contributed by atoms with Crippen LogP contribution in [0.5, 0.6) is 0 Å². The van der Waals surface area contributed by atoms with E-state index in [-0.39, 0.29) is 0 Å². The summed E-state index contributed by atoms with van der Waals surface area (Å²) in [5.41, 5.74) is 0.651. The monoisotopic (exact) mass is 229 g/mol. The molecule has 0 N–H and O–H groups in total. The van der Waals surface area contributed by atoms with Crippen LogP contribution in [0.2, 0.25) is 10.3 Å². The van der Waals surface area contributed by atoms with Crippen molar-refractivity contribution in [2.75, 3.05) is 0 Å². The van der Waals surface area contributed by atoms with Crippen molar-refractivity contribution in [1.29, 1.82) is 0 Å². The van der Waals surface area contributed by atoms with E-state index in [9.17, 15) is 0 Å². The molecule has 0 saturated heterocycles. The van der Waals surface area contributed by atoms with Gasteiger partial charge >= 0.3 is 0 Å². The molecular weight excluding hydrogens is 228 g/mol. The summed E-state index contributed by atoms with van der Waals surface area (Å²) in [5.74, 6) is 0. The molecule has 60 valence electrons. The minimum atomic E-state index is -0.618. The molecule has 1 aromatic heterocycles. The normalized spacial score (nSPS) is 10.6. The molecule has 1 rings (SSSR count). The topological polar surface area (TPSA) is 12.9 Å². The van der Waals surface area contributed by atoms with Gasteiger partial charge in [0.25, 0.3) is 0 Å². The van der Waals surface area contributed by atoms with Gasteiger partial charge in [-0.15, -0.1) is 23.2 Å². The summed E-state index contributed by atoms with van der Waals surface area (Å²) in [6.45, 7) is 0. The summed E-state index contributed by atoms with van der Waals surface area (Å²) in [4.78, 5) is 3.11. The van der Waals surface area contributed by atoms with Gasteiger partial charge in [0.2, 0.25) is 0 Å². The summed E-state index contributed by atoms with van der Waals surface area (Å²) in [5, 5.41) is 0.581. The molecule has 1 aromatic rings. The van der Waals surface area contributed by atoms with E-state index in [2.05, 4.69) is 4.98 Å². The van der Waals surface area contributed by atoms with Crippen molar-refractivity contribution >= 4 is 46.4 Å². The van der Waals surface area contributed by atoms with Crippen molar-refractivity contribution in [1.82, 2.24) is 4.98 Å². The minimum Gasteiger partial charge on any atom is -0.224 e. The summed E-state index contributed by atoms with van der Waals surface area (Å²) in [7, 11) is 0. The maximum atomic E-state index is 5.58. The predicted molar refractivity (Wildman–Crippen MR) is 48.7 cm³/mol. The zero-order valence-corrected chi connectivity index (χ0v) is 8.21. The Bertz CT molecular complexity index is 241. The van der Waals surface area contributed by atoms with Crippen LogP contribution in [0.4, 0.5) is 0 Å². The molecular formula is C6H3Cl4N. The highest BCUT2D eigenvalue weighted by Crippen LogP contribution is 2.27. The highest BCUT2D eigenvalue weighted by molar-refractivity contribution is 6.44. The maximum absolute atomic E-state index is 5.58. The first-order chi connectivity index (χ1) is 5.09. The van der Waals surface area contributed by atoms with Gasteiger partial charge in [0.1, 0.15) is 15.1 Å². The van der Waals surface area contributed by atoms with E-state index >= 15 is 0 Å². The van der Waals surface area contributed by atoms with Gasteiger partial charge in [-0.1, -0.05) is 23.2 Å². The fraction of sp³-hybridized carbons (Fsp3) is 0.167. The van der Waals surface area contributed by atoms with Gasteiger partial charge < -0.3 is 0 Å². The summed E-state index contributed by atoms with van der Waals surface area (Å²) < 4.78 is 0. The SMILES string of the molecule is Clc1cc(C(Cl)Cl)cc(Cl)n1. The minimum absolute atomic E-state index is 0.291. The van der Waals surface area contributed by atoms with Crippen molar-refractivity contribution in [3.05, 3.63) is 28.0 Å². The van der Waals surface area contributed by atoms with E-state index in [0.717, 1.165) is 0 Å². The van der Waals surface area contributed by atoms with E-state index < -0.39 is 4.84 Å². The van der Waals surface area contributed by atoms with Crippen molar-refractivity contribution in [3.8, 4) is 0 Å². The fourth-order valence-electron chi connectivity index (χ4n) is 0.609. The van der Waals surface area contributed by atoms with Gasteiger partial charge in [-0.25, -0.2) is 4.98 Å². The first-order valence-corrected chi connectivity index (χ1v) is 4.33. The molecule has 0 aliphatic carbocycles. The third-order valence-electron chi connectivity index (χ3n) is 1.04. The average Bonchev–Trinajstić information content (AvgIpc) is 1.85. The van der Waals surface area contributed by atoms with E-state index in [4.69, 9.17) is 46.4 Å². The highest BCUT2D eigenvalue weighted by atomic mass is 35.5. The molecule has 0 radical (unpaired) electrons. The molecule has 0 aliphatic rings. The molecule has 5 heteroatoms. The zero-order valence-electron chi connectivity index (χ0n) is 5.19. The molecule has 0 spiro atoms. The molecule has 0 atom stereocenters. The number of nitrogens with zero attached hydrogens (tertiary/aromatic N) is 1. The second kappa shape index (κ2) is 3.81. The predicted octanol–water partition coefficient (Wildman–Crippen LogP) is 3.86. The van der Waals surface area contributed by atoms with Crippen LogP contribution in [0, 0.1) is 0 Å². The van der Waals surface area contributed by atoms with E-state index in [1.165, 1.54) is 0 Å². The van der Waals surface area contributed by atoms with Gasteiger partial charge in [-0.2, -0.15) is 0 Å². The van der Waals surface area contributed by atoms with E-state index in [0.29, 0.717) is 15.9 Å². The van der Waals surface area contributed by atoms with Crippen LogP contribution in [-0.4, -0.2) is 4.98 Å². The summed E-state index contributed by atoms with van der Waals surface area (Å²) in [6, 6.07) is 3.14. The van der Waals surface area contributed by atoms with Gasteiger partial charge in [-0.05, 0) is 17.7 Å². The Balaban J connectivity index is 3.08. The average molecular weight is 231 g/mol. The molecule has 0 bridgehead atoms. The lowest BCUT2D eigenvalue weighted by Gasteiger charge is -2.01. The third kappa shape index (κ3) is 2.68. The Morgan fingerprint density at radius 3 is 1.91 bits per heavy atom. The van der Waals surface area contributed by atoms with Gasteiger partial charge in [-0.3, -0.25) is 0 Å². The number of rotatable bonds is 1. The second-order valence-electron chi connectivity index (χ2n) is 1.85. The molecule has 0 amide bonds. The van der Waals surface area contributed by atoms with Crippen molar-refractivity contribution in [3.63, 3.8) is 0 Å². The molecule has 11 heavy (non-hydrogen) atoms. The molecule has 0 fully saturated rings. The first-order valence-electron chi connectivity index (χ1n) is 2.70. The number of halogens is 4. The van der Waals surface area contributed by atoms with Crippen LogP contribution in [-0.2, 0) is 0 Å². The number of alkyl halides is 2. The van der Waals surface area contributed by atoms with Gasteiger partial charge in [0.15, 0.2) is 0 Å². The standard InChI is InChI=1S/C6H3Cl4N/c7-4-1-3(6(9)10)2-5(8)11-4/h1-2,6H. The third-order valence-corrected chi connectivity index (χ3v) is 1.93. The quantitative estimate of drug-likeness (QED) is 0.528.